The fourth-order valence-corrected chi connectivity index (χ4v) is 4.62. The molecule has 0 amide bonds. The van der Waals surface area contributed by atoms with Gasteiger partial charge in [0, 0.05) is 43.0 Å². The molecule has 0 radical (unpaired) electrons. The molecule has 0 bridgehead atoms. The normalized spacial score (nSPS) is 27.5. The second kappa shape index (κ2) is 8.51. The summed E-state index contributed by atoms with van der Waals surface area (Å²) in [6, 6.07) is 12.2. The van der Waals surface area contributed by atoms with Gasteiger partial charge in [0.2, 0.25) is 0 Å². The van der Waals surface area contributed by atoms with Crippen molar-refractivity contribution in [1.82, 2.24) is 0 Å². The maximum absolute atomic E-state index is 13.4. The van der Waals surface area contributed by atoms with Crippen LogP contribution in [0.2, 0.25) is 0 Å². The van der Waals surface area contributed by atoms with Crippen LogP contribution in [0.1, 0.15) is 52.1 Å². The third kappa shape index (κ3) is 3.78. The van der Waals surface area contributed by atoms with E-state index in [-0.39, 0.29) is 30.6 Å². The predicted octanol–water partition coefficient (Wildman–Crippen LogP) is 3.40. The third-order valence-corrected chi connectivity index (χ3v) is 6.01. The second-order valence-corrected chi connectivity index (χ2v) is 8.18. The van der Waals surface area contributed by atoms with Crippen molar-refractivity contribution in [2.45, 2.75) is 44.3 Å². The number of carbonyl (C=O) groups is 2. The van der Waals surface area contributed by atoms with Crippen LogP contribution in [0.4, 0.5) is 5.69 Å². The number of methoxy groups -OCH3 is 2. The van der Waals surface area contributed by atoms with Gasteiger partial charge in [0.1, 0.15) is 12.9 Å². The van der Waals surface area contributed by atoms with Gasteiger partial charge in [-0.2, -0.15) is 0 Å². The van der Waals surface area contributed by atoms with E-state index in [4.69, 9.17) is 18.9 Å². The molecule has 2 aliphatic rings. The smallest absolute Gasteiger partial charge is 0.196 e. The van der Waals surface area contributed by atoms with Gasteiger partial charge < -0.3 is 24.3 Å². The highest BCUT2D eigenvalue weighted by atomic mass is 16.7. The number of carbonyl (C=O) groups excluding carboxylic acids is 2. The van der Waals surface area contributed by atoms with E-state index in [0.29, 0.717) is 34.4 Å². The van der Waals surface area contributed by atoms with Crippen LogP contribution in [0.3, 0.4) is 0 Å². The summed E-state index contributed by atoms with van der Waals surface area (Å²) >= 11 is 0. The van der Waals surface area contributed by atoms with Crippen LogP contribution in [0.5, 0.6) is 0 Å². The summed E-state index contributed by atoms with van der Waals surface area (Å²) in [6.45, 7) is 4.02. The van der Waals surface area contributed by atoms with Crippen LogP contribution in [0, 0.1) is 0 Å². The average molecular weight is 425 g/mol. The van der Waals surface area contributed by atoms with Crippen LogP contribution >= 0.6 is 0 Å². The number of hydrogen-bond donors (Lipinski definition) is 1. The van der Waals surface area contributed by atoms with Gasteiger partial charge in [-0.15, -0.1) is 0 Å². The van der Waals surface area contributed by atoms with Crippen molar-refractivity contribution in [2.75, 3.05) is 26.3 Å². The topological polar surface area (TPSA) is 83.1 Å². The Morgan fingerprint density at radius 1 is 1.03 bits per heavy atom. The summed E-state index contributed by atoms with van der Waals surface area (Å²) in [4.78, 5) is 26.4. The summed E-state index contributed by atoms with van der Waals surface area (Å²) < 4.78 is 22.5. The largest absolute Gasteiger partial charge is 0.376 e. The van der Waals surface area contributed by atoms with Crippen LogP contribution < -0.4 is 5.32 Å². The van der Waals surface area contributed by atoms with Crippen molar-refractivity contribution < 1.29 is 28.5 Å². The van der Waals surface area contributed by atoms with Crippen LogP contribution in [-0.2, 0) is 18.9 Å². The van der Waals surface area contributed by atoms with Gasteiger partial charge in [-0.25, -0.2) is 0 Å². The monoisotopic (exact) mass is 425 g/mol. The molecule has 164 valence electrons. The summed E-state index contributed by atoms with van der Waals surface area (Å²) in [5.74, 6) is -0.323. The minimum absolute atomic E-state index is 0.102. The zero-order chi connectivity index (χ0) is 22.2. The van der Waals surface area contributed by atoms with Crippen molar-refractivity contribution in [1.29, 1.82) is 0 Å². The minimum atomic E-state index is -0.647. The molecule has 1 saturated heterocycles. The number of ether oxygens (including phenoxy) is 4. The molecule has 2 aromatic carbocycles. The molecule has 0 aromatic heterocycles. The fraction of sp³-hybridized carbons (Fsp3) is 0.417. The standard InChI is InChI=1S/C24H27NO6/c1-14-23(30-13-28-3)24(2,12-19(29-4)31-14)25-18-11-7-10-17-20(18)22(27)16-9-6-5-8-15(16)21(17)26/h5-11,14,19,23,25H,12-13H2,1-4H3/t14-,19+,23-,24+/m0/s1. The summed E-state index contributed by atoms with van der Waals surface area (Å²) in [6.07, 6.45) is -0.627. The summed E-state index contributed by atoms with van der Waals surface area (Å²) in [5.41, 5.74) is 1.57. The Balaban J connectivity index is 1.75. The molecule has 1 fully saturated rings. The Labute approximate surface area is 181 Å². The first-order chi connectivity index (χ1) is 14.9. The number of fused-ring (bicyclic) bond motifs is 2. The van der Waals surface area contributed by atoms with E-state index in [1.807, 2.05) is 19.9 Å². The lowest BCUT2D eigenvalue weighted by atomic mass is 9.81. The number of nitrogens with one attached hydrogen (secondary N) is 1. The number of benzene rings is 2. The Morgan fingerprint density at radius 3 is 2.39 bits per heavy atom. The van der Waals surface area contributed by atoms with E-state index in [1.54, 1.807) is 50.6 Å². The van der Waals surface area contributed by atoms with Crippen molar-refractivity contribution in [2.24, 2.45) is 0 Å². The predicted molar refractivity (Wildman–Crippen MR) is 114 cm³/mol. The highest BCUT2D eigenvalue weighted by Gasteiger charge is 2.47. The van der Waals surface area contributed by atoms with Gasteiger partial charge in [-0.05, 0) is 19.9 Å². The molecule has 0 spiro atoms. The molecule has 7 nitrogen and oxygen atoms in total. The zero-order valence-electron chi connectivity index (χ0n) is 18.1. The average Bonchev–Trinajstić information content (AvgIpc) is 2.76. The third-order valence-electron chi connectivity index (χ3n) is 6.01. The molecule has 2 aromatic rings. The van der Waals surface area contributed by atoms with Gasteiger partial charge in [0.25, 0.3) is 0 Å². The molecule has 1 N–H and O–H groups in total. The first-order valence-electron chi connectivity index (χ1n) is 10.3. The first-order valence-corrected chi connectivity index (χ1v) is 10.3. The summed E-state index contributed by atoms with van der Waals surface area (Å²) in [5, 5.41) is 3.51. The molecular weight excluding hydrogens is 398 g/mol. The van der Waals surface area contributed by atoms with E-state index < -0.39 is 11.8 Å². The maximum Gasteiger partial charge on any atom is 0.196 e. The molecule has 1 aliphatic heterocycles. The minimum Gasteiger partial charge on any atom is -0.376 e. The summed E-state index contributed by atoms with van der Waals surface area (Å²) in [7, 11) is 3.16. The highest BCUT2D eigenvalue weighted by Crippen LogP contribution is 2.38. The highest BCUT2D eigenvalue weighted by molar-refractivity contribution is 6.30. The van der Waals surface area contributed by atoms with Gasteiger partial charge in [-0.1, -0.05) is 36.4 Å². The van der Waals surface area contributed by atoms with Gasteiger partial charge in [0.15, 0.2) is 17.9 Å². The number of hydrogen-bond acceptors (Lipinski definition) is 7. The number of anilines is 1. The van der Waals surface area contributed by atoms with E-state index in [1.165, 1.54) is 0 Å². The Kier molecular flexibility index (Phi) is 5.94. The molecule has 1 aliphatic carbocycles. The lowest BCUT2D eigenvalue weighted by molar-refractivity contribution is -0.246. The van der Waals surface area contributed by atoms with Crippen molar-refractivity contribution in [3.63, 3.8) is 0 Å². The molecule has 0 unspecified atom stereocenters. The molecule has 7 heteroatoms. The number of ketones is 2. The van der Waals surface area contributed by atoms with Crippen molar-refractivity contribution >= 4 is 17.3 Å². The fourth-order valence-electron chi connectivity index (χ4n) is 4.62. The quantitative estimate of drug-likeness (QED) is 0.606. The zero-order valence-corrected chi connectivity index (χ0v) is 18.1. The molecular formula is C24H27NO6. The maximum atomic E-state index is 13.4. The molecule has 1 heterocycles. The molecule has 4 rings (SSSR count). The Bertz CT molecular complexity index is 1010. The van der Waals surface area contributed by atoms with Crippen molar-refractivity contribution in [3.05, 3.63) is 64.7 Å². The lowest BCUT2D eigenvalue weighted by Gasteiger charge is -2.48. The van der Waals surface area contributed by atoms with E-state index >= 15 is 0 Å². The van der Waals surface area contributed by atoms with Crippen molar-refractivity contribution in [3.8, 4) is 0 Å². The van der Waals surface area contributed by atoms with Crippen LogP contribution in [-0.4, -0.2) is 56.6 Å². The molecule has 0 saturated carbocycles. The van der Waals surface area contributed by atoms with E-state index in [0.717, 1.165) is 0 Å². The Hall–Kier alpha value is -2.58. The van der Waals surface area contributed by atoms with Crippen LogP contribution in [0.15, 0.2) is 42.5 Å². The van der Waals surface area contributed by atoms with E-state index in [9.17, 15) is 9.59 Å². The van der Waals surface area contributed by atoms with Crippen LogP contribution in [0.25, 0.3) is 0 Å². The van der Waals surface area contributed by atoms with E-state index in [2.05, 4.69) is 5.32 Å². The van der Waals surface area contributed by atoms with Gasteiger partial charge >= 0.3 is 0 Å². The molecule has 31 heavy (non-hydrogen) atoms. The van der Waals surface area contributed by atoms with Gasteiger partial charge in [0.05, 0.1) is 17.2 Å². The lowest BCUT2D eigenvalue weighted by Crippen LogP contribution is -2.60. The second-order valence-electron chi connectivity index (χ2n) is 8.18. The Morgan fingerprint density at radius 2 is 1.71 bits per heavy atom. The first kappa shape index (κ1) is 21.6. The van der Waals surface area contributed by atoms with Gasteiger partial charge in [-0.3, -0.25) is 9.59 Å². The SMILES string of the molecule is COCO[C@H]1[C@H](C)O[C@@H](OC)C[C@@]1(C)Nc1cccc2c1C(=O)c1ccccc1C2=O. The number of rotatable bonds is 6. The molecule has 4 atom stereocenters.